The zero-order valence-corrected chi connectivity index (χ0v) is 8.77. The number of hydrogen-bond acceptors (Lipinski definition) is 4. The minimum Gasteiger partial charge on any atom is -0.307 e. The summed E-state index contributed by atoms with van der Waals surface area (Å²) in [6.07, 6.45) is 3.94. The van der Waals surface area contributed by atoms with E-state index in [0.717, 1.165) is 18.3 Å². The quantitative estimate of drug-likeness (QED) is 0.743. The molecule has 0 aromatic carbocycles. The molecule has 0 bridgehead atoms. The third kappa shape index (κ3) is 2.29. The van der Waals surface area contributed by atoms with Gasteiger partial charge >= 0.3 is 0 Å². The molecule has 5 heteroatoms. The van der Waals surface area contributed by atoms with Crippen LogP contribution in [0.2, 0.25) is 0 Å². The number of rotatable bonds is 5. The Bertz CT molecular complexity index is 295. The van der Waals surface area contributed by atoms with Crippen LogP contribution in [0.3, 0.4) is 0 Å². The van der Waals surface area contributed by atoms with Gasteiger partial charge in [0, 0.05) is 6.04 Å². The van der Waals surface area contributed by atoms with Gasteiger partial charge in [-0.2, -0.15) is 4.80 Å². The van der Waals surface area contributed by atoms with E-state index in [9.17, 15) is 0 Å². The SMILES string of the molecule is CCCC1CC1NCc1nnn(C)n1. The zero-order chi connectivity index (χ0) is 9.97. The molecule has 0 aliphatic heterocycles. The molecule has 2 unspecified atom stereocenters. The van der Waals surface area contributed by atoms with Crippen LogP contribution >= 0.6 is 0 Å². The molecular formula is C9H17N5. The number of nitrogens with zero attached hydrogens (tertiary/aromatic N) is 4. The smallest absolute Gasteiger partial charge is 0.188 e. The summed E-state index contributed by atoms with van der Waals surface area (Å²) < 4.78 is 0. The Morgan fingerprint density at radius 2 is 2.43 bits per heavy atom. The molecule has 0 saturated heterocycles. The van der Waals surface area contributed by atoms with Gasteiger partial charge in [0.05, 0.1) is 13.6 Å². The van der Waals surface area contributed by atoms with Crippen LogP contribution < -0.4 is 5.32 Å². The molecule has 0 radical (unpaired) electrons. The maximum Gasteiger partial charge on any atom is 0.188 e. The lowest BCUT2D eigenvalue weighted by Crippen LogP contribution is -2.18. The van der Waals surface area contributed by atoms with Gasteiger partial charge in [-0.05, 0) is 24.0 Å². The molecule has 14 heavy (non-hydrogen) atoms. The fourth-order valence-electron chi connectivity index (χ4n) is 1.80. The molecule has 1 aliphatic rings. The zero-order valence-electron chi connectivity index (χ0n) is 8.77. The first kappa shape index (κ1) is 9.58. The van der Waals surface area contributed by atoms with Crippen molar-refractivity contribution >= 4 is 0 Å². The highest BCUT2D eigenvalue weighted by atomic mass is 15.6. The van der Waals surface area contributed by atoms with Gasteiger partial charge in [0.15, 0.2) is 5.82 Å². The molecule has 5 nitrogen and oxygen atoms in total. The lowest BCUT2D eigenvalue weighted by atomic mass is 10.2. The Morgan fingerprint density at radius 1 is 1.57 bits per heavy atom. The molecule has 1 heterocycles. The fraction of sp³-hybridized carbons (Fsp3) is 0.889. The first-order chi connectivity index (χ1) is 6.79. The molecule has 1 saturated carbocycles. The predicted molar refractivity (Wildman–Crippen MR) is 52.4 cm³/mol. The minimum absolute atomic E-state index is 0.693. The molecule has 1 aliphatic carbocycles. The van der Waals surface area contributed by atoms with Crippen LogP contribution in [0.1, 0.15) is 32.0 Å². The molecule has 1 aromatic rings. The Hall–Kier alpha value is -0.970. The van der Waals surface area contributed by atoms with Gasteiger partial charge in [-0.1, -0.05) is 13.3 Å². The van der Waals surface area contributed by atoms with Crippen LogP contribution in [-0.2, 0) is 13.6 Å². The van der Waals surface area contributed by atoms with Crippen molar-refractivity contribution in [1.29, 1.82) is 0 Å². The van der Waals surface area contributed by atoms with E-state index in [4.69, 9.17) is 0 Å². The van der Waals surface area contributed by atoms with Crippen LogP contribution in [0.5, 0.6) is 0 Å². The van der Waals surface area contributed by atoms with Crippen molar-refractivity contribution in [1.82, 2.24) is 25.5 Å². The summed E-state index contributed by atoms with van der Waals surface area (Å²) in [6.45, 7) is 2.98. The van der Waals surface area contributed by atoms with Crippen LogP contribution in [0, 0.1) is 5.92 Å². The maximum absolute atomic E-state index is 4.11. The number of tetrazole rings is 1. The summed E-state index contributed by atoms with van der Waals surface area (Å²) >= 11 is 0. The molecular weight excluding hydrogens is 178 g/mol. The van der Waals surface area contributed by atoms with Crippen LogP contribution in [0.4, 0.5) is 0 Å². The lowest BCUT2D eigenvalue weighted by molar-refractivity contribution is 0.582. The average molecular weight is 195 g/mol. The van der Waals surface area contributed by atoms with Gasteiger partial charge in [-0.15, -0.1) is 10.2 Å². The molecule has 1 N–H and O–H groups in total. The minimum atomic E-state index is 0.693. The summed E-state index contributed by atoms with van der Waals surface area (Å²) in [4.78, 5) is 1.49. The van der Waals surface area contributed by atoms with Gasteiger partial charge in [0.1, 0.15) is 0 Å². The third-order valence-electron chi connectivity index (χ3n) is 2.65. The number of aryl methyl sites for hydroxylation is 1. The second-order valence-electron chi connectivity index (χ2n) is 3.97. The standard InChI is InChI=1S/C9H17N5/c1-3-4-7-5-8(7)10-6-9-11-13-14(2)12-9/h7-8,10H,3-6H2,1-2H3. The third-order valence-corrected chi connectivity index (χ3v) is 2.65. The molecule has 1 aromatic heterocycles. The summed E-state index contributed by atoms with van der Waals surface area (Å²) in [5.41, 5.74) is 0. The molecule has 1 fully saturated rings. The Kier molecular flexibility index (Phi) is 2.77. The molecule has 78 valence electrons. The van der Waals surface area contributed by atoms with Crippen molar-refractivity contribution < 1.29 is 0 Å². The van der Waals surface area contributed by atoms with E-state index in [1.54, 1.807) is 7.05 Å². The summed E-state index contributed by atoms with van der Waals surface area (Å²) in [5.74, 6) is 1.67. The van der Waals surface area contributed by atoms with Gasteiger partial charge in [0.2, 0.25) is 0 Å². The molecule has 0 spiro atoms. The number of aromatic nitrogens is 4. The van der Waals surface area contributed by atoms with E-state index in [2.05, 4.69) is 27.7 Å². The van der Waals surface area contributed by atoms with Crippen molar-refractivity contribution in [3.05, 3.63) is 5.82 Å². The molecule has 2 atom stereocenters. The summed E-state index contributed by atoms with van der Waals surface area (Å²) in [5, 5.41) is 15.3. The van der Waals surface area contributed by atoms with Crippen molar-refractivity contribution in [2.75, 3.05) is 0 Å². The lowest BCUT2D eigenvalue weighted by Gasteiger charge is -1.98. The van der Waals surface area contributed by atoms with E-state index >= 15 is 0 Å². The Labute approximate surface area is 83.9 Å². The van der Waals surface area contributed by atoms with E-state index in [0.29, 0.717) is 6.04 Å². The van der Waals surface area contributed by atoms with Crippen LogP contribution in [0.15, 0.2) is 0 Å². The van der Waals surface area contributed by atoms with E-state index < -0.39 is 0 Å². The van der Waals surface area contributed by atoms with Crippen molar-refractivity contribution in [3.8, 4) is 0 Å². The highest BCUT2D eigenvalue weighted by Crippen LogP contribution is 2.34. The second kappa shape index (κ2) is 4.04. The van der Waals surface area contributed by atoms with E-state index in [1.807, 2.05) is 0 Å². The number of hydrogen-bond donors (Lipinski definition) is 1. The van der Waals surface area contributed by atoms with E-state index in [1.165, 1.54) is 24.1 Å². The first-order valence-corrected chi connectivity index (χ1v) is 5.26. The Balaban J connectivity index is 1.69. The van der Waals surface area contributed by atoms with Crippen molar-refractivity contribution in [3.63, 3.8) is 0 Å². The topological polar surface area (TPSA) is 55.6 Å². The highest BCUT2D eigenvalue weighted by Gasteiger charge is 2.35. The molecule has 0 amide bonds. The maximum atomic E-state index is 4.11. The second-order valence-corrected chi connectivity index (χ2v) is 3.97. The highest BCUT2D eigenvalue weighted by molar-refractivity contribution is 4.93. The average Bonchev–Trinajstić information content (AvgIpc) is 2.77. The van der Waals surface area contributed by atoms with Gasteiger partial charge in [-0.25, -0.2) is 0 Å². The Morgan fingerprint density at radius 3 is 3.07 bits per heavy atom. The number of nitrogens with one attached hydrogen (secondary N) is 1. The molecule has 2 rings (SSSR count). The van der Waals surface area contributed by atoms with Crippen molar-refractivity contribution in [2.24, 2.45) is 13.0 Å². The summed E-state index contributed by atoms with van der Waals surface area (Å²) in [6, 6.07) is 0.693. The van der Waals surface area contributed by atoms with Crippen molar-refractivity contribution in [2.45, 2.75) is 38.8 Å². The van der Waals surface area contributed by atoms with Crippen LogP contribution in [-0.4, -0.2) is 26.2 Å². The van der Waals surface area contributed by atoms with Gasteiger partial charge < -0.3 is 5.32 Å². The van der Waals surface area contributed by atoms with Gasteiger partial charge in [0.25, 0.3) is 0 Å². The predicted octanol–water partition coefficient (Wildman–Crippen LogP) is 0.488. The largest absolute Gasteiger partial charge is 0.307 e. The van der Waals surface area contributed by atoms with E-state index in [-0.39, 0.29) is 0 Å². The normalized spacial score (nSPS) is 25.3. The fourth-order valence-corrected chi connectivity index (χ4v) is 1.80. The first-order valence-electron chi connectivity index (χ1n) is 5.26. The summed E-state index contributed by atoms with van der Waals surface area (Å²) in [7, 11) is 1.79. The van der Waals surface area contributed by atoms with Crippen LogP contribution in [0.25, 0.3) is 0 Å². The van der Waals surface area contributed by atoms with Gasteiger partial charge in [-0.3, -0.25) is 0 Å². The monoisotopic (exact) mass is 195 g/mol.